The summed E-state index contributed by atoms with van der Waals surface area (Å²) in [7, 11) is 3.09. The van der Waals surface area contributed by atoms with Gasteiger partial charge in [0.15, 0.2) is 5.13 Å². The van der Waals surface area contributed by atoms with Crippen molar-refractivity contribution in [2.24, 2.45) is 11.8 Å². The number of carbonyl (C=O) groups is 2. The number of ether oxygens (including phenoxy) is 2. The van der Waals surface area contributed by atoms with Crippen molar-refractivity contribution in [3.05, 3.63) is 41.9 Å². The summed E-state index contributed by atoms with van der Waals surface area (Å²) in [4.78, 5) is 35.1. The molecule has 1 aliphatic rings. The molecule has 1 aromatic carbocycles. The number of pyridine rings is 1. The van der Waals surface area contributed by atoms with Gasteiger partial charge in [0.25, 0.3) is 0 Å². The second-order valence-corrected chi connectivity index (χ2v) is 10.1. The van der Waals surface area contributed by atoms with Gasteiger partial charge < -0.3 is 14.6 Å². The van der Waals surface area contributed by atoms with E-state index in [1.54, 1.807) is 36.8 Å². The summed E-state index contributed by atoms with van der Waals surface area (Å²) < 4.78 is 35.6. The van der Waals surface area contributed by atoms with E-state index < -0.39 is 18.5 Å². The van der Waals surface area contributed by atoms with E-state index in [4.69, 9.17) is 4.74 Å². The number of hydrogen-bond donors (Lipinski definition) is 1. The van der Waals surface area contributed by atoms with Crippen LogP contribution in [-0.4, -0.2) is 47.7 Å². The van der Waals surface area contributed by atoms with Crippen LogP contribution in [0, 0.1) is 11.8 Å². The van der Waals surface area contributed by atoms with E-state index in [1.807, 2.05) is 0 Å². The SMILES string of the molecule is COc1ccc(-c2ccc(OC(F)F)cc2-c2csc(N(C)C(=O)C(CC(=O)O)CC3CCCC3)n2)cn1. The third kappa shape index (κ3) is 6.63. The number of carbonyl (C=O) groups excluding carboxylic acids is 1. The van der Waals surface area contributed by atoms with E-state index in [1.165, 1.54) is 35.5 Å². The van der Waals surface area contributed by atoms with Crippen LogP contribution in [-0.2, 0) is 9.59 Å². The van der Waals surface area contributed by atoms with Crippen LogP contribution in [0.4, 0.5) is 13.9 Å². The summed E-state index contributed by atoms with van der Waals surface area (Å²) in [5.74, 6) is -1.20. The van der Waals surface area contributed by atoms with Crippen molar-refractivity contribution >= 4 is 28.3 Å². The molecular weight excluding hydrogens is 516 g/mol. The normalized spacial score (nSPS) is 14.4. The second-order valence-electron chi connectivity index (χ2n) is 9.27. The molecule has 38 heavy (non-hydrogen) atoms. The Bertz CT molecular complexity index is 1260. The Labute approximate surface area is 223 Å². The third-order valence-electron chi connectivity index (χ3n) is 6.72. The number of benzene rings is 1. The Morgan fingerprint density at radius 3 is 2.58 bits per heavy atom. The number of nitrogens with zero attached hydrogens (tertiary/aromatic N) is 3. The van der Waals surface area contributed by atoms with E-state index >= 15 is 0 Å². The van der Waals surface area contributed by atoms with Crippen molar-refractivity contribution in [2.75, 3.05) is 19.1 Å². The predicted molar refractivity (Wildman–Crippen MR) is 140 cm³/mol. The molecule has 2 aromatic heterocycles. The molecule has 1 atom stereocenters. The molecule has 0 bridgehead atoms. The molecule has 1 saturated carbocycles. The minimum absolute atomic E-state index is 0.0303. The molecule has 1 amide bonds. The average Bonchev–Trinajstić information content (AvgIpc) is 3.59. The number of aliphatic carboxylic acids is 1. The molecule has 4 rings (SSSR count). The Kier molecular flexibility index (Phi) is 8.88. The zero-order valence-corrected chi connectivity index (χ0v) is 21.9. The quantitative estimate of drug-likeness (QED) is 0.310. The third-order valence-corrected chi connectivity index (χ3v) is 7.64. The number of aromatic nitrogens is 2. The molecule has 8 nitrogen and oxygen atoms in total. The highest BCUT2D eigenvalue weighted by atomic mass is 32.1. The van der Waals surface area contributed by atoms with Gasteiger partial charge in [0.2, 0.25) is 11.8 Å². The van der Waals surface area contributed by atoms with Crippen LogP contribution < -0.4 is 14.4 Å². The van der Waals surface area contributed by atoms with E-state index in [9.17, 15) is 23.5 Å². The van der Waals surface area contributed by atoms with Gasteiger partial charge in [0, 0.05) is 41.7 Å². The largest absolute Gasteiger partial charge is 0.481 e. The molecule has 0 radical (unpaired) electrons. The lowest BCUT2D eigenvalue weighted by molar-refractivity contribution is -0.140. The van der Waals surface area contributed by atoms with Crippen molar-refractivity contribution in [3.63, 3.8) is 0 Å². The number of rotatable bonds is 11. The van der Waals surface area contributed by atoms with Crippen LogP contribution in [0.5, 0.6) is 11.6 Å². The molecule has 3 aromatic rings. The van der Waals surface area contributed by atoms with Crippen LogP contribution >= 0.6 is 11.3 Å². The van der Waals surface area contributed by atoms with Gasteiger partial charge in [0.05, 0.1) is 19.2 Å². The van der Waals surface area contributed by atoms with E-state index in [0.29, 0.717) is 45.7 Å². The lowest BCUT2D eigenvalue weighted by Gasteiger charge is -2.23. The minimum Gasteiger partial charge on any atom is -0.481 e. The van der Waals surface area contributed by atoms with Gasteiger partial charge in [-0.2, -0.15) is 8.78 Å². The van der Waals surface area contributed by atoms with E-state index in [0.717, 1.165) is 25.7 Å². The lowest BCUT2D eigenvalue weighted by atomic mass is 9.90. The summed E-state index contributed by atoms with van der Waals surface area (Å²) in [5, 5.41) is 11.5. The van der Waals surface area contributed by atoms with Gasteiger partial charge in [-0.1, -0.05) is 25.7 Å². The zero-order valence-electron chi connectivity index (χ0n) is 21.1. The van der Waals surface area contributed by atoms with Crippen LogP contribution in [0.1, 0.15) is 38.5 Å². The highest BCUT2D eigenvalue weighted by Crippen LogP contribution is 2.38. The fourth-order valence-electron chi connectivity index (χ4n) is 4.86. The van der Waals surface area contributed by atoms with Crippen molar-refractivity contribution < 1.29 is 33.0 Å². The Hall–Kier alpha value is -3.60. The first-order valence-electron chi connectivity index (χ1n) is 12.3. The van der Waals surface area contributed by atoms with Crippen LogP contribution in [0.2, 0.25) is 0 Å². The first-order chi connectivity index (χ1) is 18.2. The molecule has 1 N–H and O–H groups in total. The number of carboxylic acids is 1. The Morgan fingerprint density at radius 2 is 1.95 bits per heavy atom. The maximum absolute atomic E-state index is 13.3. The summed E-state index contributed by atoms with van der Waals surface area (Å²) >= 11 is 1.21. The number of anilines is 1. The van der Waals surface area contributed by atoms with Crippen molar-refractivity contribution in [1.82, 2.24) is 9.97 Å². The van der Waals surface area contributed by atoms with Crippen molar-refractivity contribution in [3.8, 4) is 34.0 Å². The number of alkyl halides is 2. The number of thiazole rings is 1. The molecule has 2 heterocycles. The number of hydrogen-bond acceptors (Lipinski definition) is 7. The van der Waals surface area contributed by atoms with Crippen LogP contribution in [0.3, 0.4) is 0 Å². The zero-order chi connectivity index (χ0) is 27.2. The lowest BCUT2D eigenvalue weighted by Crippen LogP contribution is -2.35. The highest BCUT2D eigenvalue weighted by molar-refractivity contribution is 7.14. The molecule has 1 aliphatic carbocycles. The summed E-state index contributed by atoms with van der Waals surface area (Å²) in [6.45, 7) is -2.99. The Morgan fingerprint density at radius 1 is 1.18 bits per heavy atom. The number of methoxy groups -OCH3 is 1. The fraction of sp³-hybridized carbons (Fsp3) is 0.407. The van der Waals surface area contributed by atoms with E-state index in [-0.39, 0.29) is 18.1 Å². The first-order valence-corrected chi connectivity index (χ1v) is 13.2. The monoisotopic (exact) mass is 545 g/mol. The van der Waals surface area contributed by atoms with Gasteiger partial charge in [-0.15, -0.1) is 11.3 Å². The summed E-state index contributed by atoms with van der Waals surface area (Å²) in [5.41, 5.74) is 2.37. The van der Waals surface area contributed by atoms with E-state index in [2.05, 4.69) is 14.7 Å². The molecule has 1 unspecified atom stereocenters. The number of amides is 1. The van der Waals surface area contributed by atoms with Gasteiger partial charge in [-0.05, 0) is 42.2 Å². The molecule has 0 saturated heterocycles. The first kappa shape index (κ1) is 27.4. The molecule has 1 fully saturated rings. The number of carboxylic acid groups (broad SMARTS) is 1. The standard InChI is InChI=1S/C27H29F2N3O5S/c1-32(25(35)18(12-24(33)34)11-16-5-3-4-6-16)27-31-22(15-38-27)21-13-19(37-26(28)29)8-9-20(21)17-7-10-23(36-2)30-14-17/h7-10,13-16,18,26H,3-6,11-12H2,1-2H3,(H,33,34). The van der Waals surface area contributed by atoms with Gasteiger partial charge in [-0.25, -0.2) is 9.97 Å². The smallest absolute Gasteiger partial charge is 0.387 e. The predicted octanol–water partition coefficient (Wildman–Crippen LogP) is 6.12. The van der Waals surface area contributed by atoms with Crippen LogP contribution in [0.25, 0.3) is 22.4 Å². The second kappa shape index (κ2) is 12.3. The van der Waals surface area contributed by atoms with Crippen LogP contribution in [0.15, 0.2) is 41.9 Å². The number of halogens is 2. The molecule has 0 aliphatic heterocycles. The summed E-state index contributed by atoms with van der Waals surface area (Å²) in [6, 6.07) is 8.04. The average molecular weight is 546 g/mol. The maximum atomic E-state index is 13.3. The highest BCUT2D eigenvalue weighted by Gasteiger charge is 2.30. The van der Waals surface area contributed by atoms with Gasteiger partial charge >= 0.3 is 12.6 Å². The molecule has 202 valence electrons. The topological polar surface area (TPSA) is 102 Å². The minimum atomic E-state index is -2.99. The van der Waals surface area contributed by atoms with Crippen molar-refractivity contribution in [1.29, 1.82) is 0 Å². The van der Waals surface area contributed by atoms with Crippen molar-refractivity contribution in [2.45, 2.75) is 45.1 Å². The molecule has 11 heteroatoms. The van der Waals surface area contributed by atoms with Gasteiger partial charge in [-0.3, -0.25) is 14.5 Å². The van der Waals surface area contributed by atoms with Gasteiger partial charge in [0.1, 0.15) is 5.75 Å². The maximum Gasteiger partial charge on any atom is 0.387 e. The molecular formula is C27H29F2N3O5S. The fourth-order valence-corrected chi connectivity index (χ4v) is 5.66. The summed E-state index contributed by atoms with van der Waals surface area (Å²) in [6.07, 6.45) is 6.13. The molecule has 0 spiro atoms. The Balaban J connectivity index is 1.64.